The minimum atomic E-state index is -3.26. The van der Waals surface area contributed by atoms with Crippen molar-refractivity contribution in [2.45, 2.75) is 13.5 Å². The third kappa shape index (κ3) is 3.00. The van der Waals surface area contributed by atoms with Crippen molar-refractivity contribution >= 4 is 15.8 Å². The Bertz CT molecular complexity index is 409. The predicted octanol–water partition coefficient (Wildman–Crippen LogP) is -0.478. The molecule has 1 rings (SSSR count). The van der Waals surface area contributed by atoms with Gasteiger partial charge in [-0.25, -0.2) is 8.42 Å². The largest absolute Gasteiger partial charge is 0.329 e. The van der Waals surface area contributed by atoms with Gasteiger partial charge >= 0.3 is 0 Å². The fraction of sp³-hybridized carbons (Fsp3) is 0.571. The van der Waals surface area contributed by atoms with E-state index in [-0.39, 0.29) is 0 Å². The van der Waals surface area contributed by atoms with Crippen LogP contribution in [0.25, 0.3) is 0 Å². The van der Waals surface area contributed by atoms with Gasteiger partial charge in [-0.3, -0.25) is 9.40 Å². The average Bonchev–Trinajstić information content (AvgIpc) is 2.29. The van der Waals surface area contributed by atoms with Gasteiger partial charge in [0.1, 0.15) is 0 Å². The first-order valence-electron chi connectivity index (χ1n) is 4.14. The Balaban J connectivity index is 2.88. The third-order valence-electron chi connectivity index (χ3n) is 1.58. The Labute approximate surface area is 83.1 Å². The van der Waals surface area contributed by atoms with Crippen molar-refractivity contribution in [3.8, 4) is 0 Å². The van der Waals surface area contributed by atoms with Crippen molar-refractivity contribution < 1.29 is 8.42 Å². The lowest BCUT2D eigenvalue weighted by atomic mass is 10.4. The molecule has 0 aliphatic rings. The number of aryl methyl sites for hydroxylation is 1. The summed E-state index contributed by atoms with van der Waals surface area (Å²) >= 11 is 0. The second-order valence-electron chi connectivity index (χ2n) is 3.09. The van der Waals surface area contributed by atoms with Gasteiger partial charge in [0, 0.05) is 18.3 Å². The topological polar surface area (TPSA) is 90.0 Å². The Hall–Kier alpha value is -1.08. The normalized spacial score (nSPS) is 11.6. The van der Waals surface area contributed by atoms with Crippen LogP contribution in [0.3, 0.4) is 0 Å². The van der Waals surface area contributed by atoms with Gasteiger partial charge < -0.3 is 5.73 Å². The lowest BCUT2D eigenvalue weighted by Crippen LogP contribution is -2.13. The number of hydrogen-bond acceptors (Lipinski definition) is 4. The summed E-state index contributed by atoms with van der Waals surface area (Å²) < 4.78 is 25.8. The van der Waals surface area contributed by atoms with Gasteiger partial charge in [-0.2, -0.15) is 5.10 Å². The van der Waals surface area contributed by atoms with Crippen LogP contribution in [0.1, 0.15) is 5.56 Å². The Morgan fingerprint density at radius 2 is 2.29 bits per heavy atom. The number of sulfonamides is 1. The molecule has 0 bridgehead atoms. The van der Waals surface area contributed by atoms with E-state index in [4.69, 9.17) is 5.73 Å². The first kappa shape index (κ1) is 11.0. The van der Waals surface area contributed by atoms with Crippen LogP contribution < -0.4 is 10.5 Å². The molecule has 0 spiro atoms. The molecule has 1 aromatic rings. The number of nitrogens with two attached hydrogens (primary N) is 1. The fourth-order valence-electron chi connectivity index (χ4n) is 1.04. The van der Waals surface area contributed by atoms with E-state index in [1.54, 1.807) is 17.8 Å². The van der Waals surface area contributed by atoms with E-state index >= 15 is 0 Å². The third-order valence-corrected chi connectivity index (χ3v) is 2.15. The van der Waals surface area contributed by atoms with Crippen LogP contribution in [0.15, 0.2) is 6.20 Å². The second-order valence-corrected chi connectivity index (χ2v) is 4.84. The zero-order valence-corrected chi connectivity index (χ0v) is 9.00. The van der Waals surface area contributed by atoms with Crippen LogP contribution in [0.4, 0.5) is 5.82 Å². The molecule has 0 saturated carbocycles. The molecule has 0 aromatic carbocycles. The van der Waals surface area contributed by atoms with Crippen LogP contribution in [0.5, 0.6) is 0 Å². The summed E-state index contributed by atoms with van der Waals surface area (Å²) in [6, 6.07) is 0. The molecule has 0 aliphatic carbocycles. The van der Waals surface area contributed by atoms with E-state index in [1.165, 1.54) is 0 Å². The predicted molar refractivity (Wildman–Crippen MR) is 54.5 cm³/mol. The zero-order valence-electron chi connectivity index (χ0n) is 8.19. The maximum Gasteiger partial charge on any atom is 0.231 e. The van der Waals surface area contributed by atoms with Crippen molar-refractivity contribution in [1.82, 2.24) is 9.78 Å². The van der Waals surface area contributed by atoms with Gasteiger partial charge in [0.2, 0.25) is 10.0 Å². The summed E-state index contributed by atoms with van der Waals surface area (Å²) in [6.07, 6.45) is 2.84. The molecule has 0 unspecified atom stereocenters. The van der Waals surface area contributed by atoms with E-state index < -0.39 is 10.0 Å². The summed E-state index contributed by atoms with van der Waals surface area (Å²) in [4.78, 5) is 0. The molecule has 1 heterocycles. The minimum absolute atomic E-state index is 0.362. The molecule has 1 aromatic heterocycles. The van der Waals surface area contributed by atoms with Crippen molar-refractivity contribution in [3.05, 3.63) is 11.8 Å². The summed E-state index contributed by atoms with van der Waals surface area (Å²) in [5.74, 6) is 0.362. The maximum absolute atomic E-state index is 10.9. The highest BCUT2D eigenvalue weighted by Crippen LogP contribution is 2.12. The average molecular weight is 218 g/mol. The van der Waals surface area contributed by atoms with Crippen LogP contribution in [0.2, 0.25) is 0 Å². The molecule has 0 aliphatic heterocycles. The van der Waals surface area contributed by atoms with Crippen LogP contribution >= 0.6 is 0 Å². The second kappa shape index (κ2) is 3.97. The fourth-order valence-corrected chi connectivity index (χ4v) is 1.60. The molecule has 0 atom stereocenters. The molecule has 7 heteroatoms. The first-order valence-corrected chi connectivity index (χ1v) is 6.03. The van der Waals surface area contributed by atoms with Gasteiger partial charge in [-0.1, -0.05) is 0 Å². The highest BCUT2D eigenvalue weighted by atomic mass is 32.2. The number of anilines is 1. The first-order chi connectivity index (χ1) is 6.42. The summed E-state index contributed by atoms with van der Waals surface area (Å²) in [5, 5.41) is 4.03. The molecular weight excluding hydrogens is 204 g/mol. The lowest BCUT2D eigenvalue weighted by Gasteiger charge is -1.99. The smallest absolute Gasteiger partial charge is 0.231 e. The van der Waals surface area contributed by atoms with Gasteiger partial charge in [-0.15, -0.1) is 0 Å². The molecule has 0 radical (unpaired) electrons. The quantitative estimate of drug-likeness (QED) is 0.714. The maximum atomic E-state index is 10.9. The number of nitrogens with zero attached hydrogens (tertiary/aromatic N) is 2. The van der Waals surface area contributed by atoms with Crippen LogP contribution in [-0.4, -0.2) is 31.0 Å². The van der Waals surface area contributed by atoms with Gasteiger partial charge in [0.15, 0.2) is 5.82 Å². The highest BCUT2D eigenvalue weighted by Gasteiger charge is 2.08. The van der Waals surface area contributed by atoms with E-state index in [9.17, 15) is 8.42 Å². The van der Waals surface area contributed by atoms with Crippen LogP contribution in [0, 0.1) is 6.92 Å². The molecule has 14 heavy (non-hydrogen) atoms. The van der Waals surface area contributed by atoms with E-state index in [0.717, 1.165) is 11.8 Å². The number of nitrogens with one attached hydrogen (secondary N) is 1. The van der Waals surface area contributed by atoms with Crippen molar-refractivity contribution in [1.29, 1.82) is 0 Å². The van der Waals surface area contributed by atoms with Crippen molar-refractivity contribution in [3.63, 3.8) is 0 Å². The highest BCUT2D eigenvalue weighted by molar-refractivity contribution is 7.92. The summed E-state index contributed by atoms with van der Waals surface area (Å²) in [7, 11) is -3.26. The molecule has 0 fully saturated rings. The Kier molecular flexibility index (Phi) is 3.12. The standard InChI is InChI=1S/C7H14N4O2S/c1-6-5-11(4-3-8)9-7(6)10-14(2,12)13/h5H,3-4,8H2,1-2H3,(H,9,10). The number of aromatic nitrogens is 2. The Morgan fingerprint density at radius 1 is 1.64 bits per heavy atom. The summed E-state index contributed by atoms with van der Waals surface area (Å²) in [5.41, 5.74) is 6.13. The van der Waals surface area contributed by atoms with Crippen molar-refractivity contribution in [2.24, 2.45) is 5.73 Å². The zero-order chi connectivity index (χ0) is 10.8. The van der Waals surface area contributed by atoms with Gasteiger partial charge in [-0.05, 0) is 6.92 Å². The SMILES string of the molecule is Cc1cn(CCN)nc1NS(C)(=O)=O. The van der Waals surface area contributed by atoms with E-state index in [0.29, 0.717) is 18.9 Å². The molecule has 6 nitrogen and oxygen atoms in total. The Morgan fingerprint density at radius 3 is 2.79 bits per heavy atom. The van der Waals surface area contributed by atoms with Crippen molar-refractivity contribution in [2.75, 3.05) is 17.5 Å². The monoisotopic (exact) mass is 218 g/mol. The van der Waals surface area contributed by atoms with Gasteiger partial charge in [0.25, 0.3) is 0 Å². The summed E-state index contributed by atoms with van der Waals surface area (Å²) in [6.45, 7) is 2.83. The molecule has 0 amide bonds. The number of hydrogen-bond donors (Lipinski definition) is 2. The number of rotatable bonds is 4. The van der Waals surface area contributed by atoms with Gasteiger partial charge in [0.05, 0.1) is 12.8 Å². The van der Waals surface area contributed by atoms with E-state index in [1.807, 2.05) is 0 Å². The van der Waals surface area contributed by atoms with E-state index in [2.05, 4.69) is 9.82 Å². The lowest BCUT2D eigenvalue weighted by molar-refractivity contribution is 0.605. The van der Waals surface area contributed by atoms with Crippen LogP contribution in [-0.2, 0) is 16.6 Å². The molecule has 80 valence electrons. The molecule has 3 N–H and O–H groups in total. The minimum Gasteiger partial charge on any atom is -0.329 e. The molecular formula is C7H14N4O2S. The molecule has 0 saturated heterocycles.